The van der Waals surface area contributed by atoms with Crippen LogP contribution in [0, 0.1) is 0 Å². The second-order valence-corrected chi connectivity index (χ2v) is 5.12. The summed E-state index contributed by atoms with van der Waals surface area (Å²) in [5, 5.41) is 9.97. The van der Waals surface area contributed by atoms with Crippen molar-refractivity contribution in [1.82, 2.24) is 0 Å². The number of carbonyl (C=O) groups is 1. The molecule has 0 amide bonds. The van der Waals surface area contributed by atoms with Crippen molar-refractivity contribution < 1.29 is 19.4 Å². The van der Waals surface area contributed by atoms with E-state index in [4.69, 9.17) is 21.1 Å². The molecular formula is C18H17ClO4. The van der Waals surface area contributed by atoms with Crippen LogP contribution in [0.3, 0.4) is 0 Å². The van der Waals surface area contributed by atoms with Crippen LogP contribution >= 0.6 is 11.6 Å². The number of methoxy groups -OCH3 is 1. The van der Waals surface area contributed by atoms with Crippen LogP contribution in [0.2, 0.25) is 5.02 Å². The maximum absolute atomic E-state index is 12.1. The molecule has 0 aliphatic carbocycles. The molecule has 0 aliphatic rings. The molecule has 0 saturated heterocycles. The highest BCUT2D eigenvalue weighted by Crippen LogP contribution is 2.35. The van der Waals surface area contributed by atoms with Gasteiger partial charge in [0.15, 0.2) is 17.3 Å². The quantitative estimate of drug-likeness (QED) is 0.631. The van der Waals surface area contributed by atoms with Crippen molar-refractivity contribution in [3.63, 3.8) is 0 Å². The van der Waals surface area contributed by atoms with Gasteiger partial charge in [-0.3, -0.25) is 4.79 Å². The average Bonchev–Trinajstić information content (AvgIpc) is 2.57. The van der Waals surface area contributed by atoms with Crippen LogP contribution in [-0.2, 0) is 0 Å². The topological polar surface area (TPSA) is 55.8 Å². The summed E-state index contributed by atoms with van der Waals surface area (Å²) in [6.45, 7) is 2.21. The predicted molar refractivity (Wildman–Crippen MR) is 90.6 cm³/mol. The molecule has 4 nitrogen and oxygen atoms in total. The van der Waals surface area contributed by atoms with Gasteiger partial charge in [-0.25, -0.2) is 0 Å². The Morgan fingerprint density at radius 3 is 2.57 bits per heavy atom. The second-order valence-electron chi connectivity index (χ2n) is 4.71. The molecule has 2 aromatic rings. The van der Waals surface area contributed by atoms with Crippen LogP contribution in [0.4, 0.5) is 0 Å². The molecule has 2 aromatic carbocycles. The minimum absolute atomic E-state index is 0.104. The molecule has 5 heteroatoms. The van der Waals surface area contributed by atoms with Gasteiger partial charge in [0.05, 0.1) is 18.7 Å². The Balaban J connectivity index is 2.20. The number of benzene rings is 2. The van der Waals surface area contributed by atoms with Gasteiger partial charge in [-0.05, 0) is 55.0 Å². The van der Waals surface area contributed by atoms with Crippen LogP contribution in [0.25, 0.3) is 6.08 Å². The van der Waals surface area contributed by atoms with E-state index in [1.54, 1.807) is 49.6 Å². The van der Waals surface area contributed by atoms with E-state index in [0.29, 0.717) is 23.5 Å². The van der Waals surface area contributed by atoms with Crippen LogP contribution in [0.1, 0.15) is 22.8 Å². The van der Waals surface area contributed by atoms with E-state index in [9.17, 15) is 9.90 Å². The molecule has 0 radical (unpaired) electrons. The highest BCUT2D eigenvalue weighted by atomic mass is 35.5. The zero-order valence-electron chi connectivity index (χ0n) is 12.9. The third-order valence-corrected chi connectivity index (χ3v) is 3.44. The fourth-order valence-corrected chi connectivity index (χ4v) is 2.20. The fourth-order valence-electron chi connectivity index (χ4n) is 1.98. The highest BCUT2D eigenvalue weighted by molar-refractivity contribution is 6.32. The smallest absolute Gasteiger partial charge is 0.185 e. The van der Waals surface area contributed by atoms with Gasteiger partial charge in [-0.1, -0.05) is 17.7 Å². The number of ketones is 1. The number of halogens is 1. The molecule has 0 bridgehead atoms. The summed E-state index contributed by atoms with van der Waals surface area (Å²) in [5.74, 6) is 0.732. The monoisotopic (exact) mass is 332 g/mol. The Morgan fingerprint density at radius 1 is 1.26 bits per heavy atom. The average molecular weight is 333 g/mol. The van der Waals surface area contributed by atoms with Gasteiger partial charge in [-0.15, -0.1) is 0 Å². The number of carbonyl (C=O) groups excluding carboxylic acids is 1. The molecule has 0 heterocycles. The Labute approximate surface area is 139 Å². The summed E-state index contributed by atoms with van der Waals surface area (Å²) in [5.41, 5.74) is 1.22. The normalized spacial score (nSPS) is 10.7. The SMILES string of the molecule is CCOc1cc(/C=C/C(=O)c2ccc(OC)cc2)cc(Cl)c1O. The number of rotatable bonds is 6. The lowest BCUT2D eigenvalue weighted by molar-refractivity contribution is 0.104. The first-order valence-electron chi connectivity index (χ1n) is 7.07. The zero-order valence-corrected chi connectivity index (χ0v) is 13.6. The van der Waals surface area contributed by atoms with Crippen molar-refractivity contribution in [3.05, 3.63) is 58.6 Å². The van der Waals surface area contributed by atoms with E-state index in [0.717, 1.165) is 0 Å². The molecule has 0 atom stereocenters. The van der Waals surface area contributed by atoms with E-state index in [1.807, 2.05) is 6.92 Å². The molecule has 0 unspecified atom stereocenters. The first-order valence-corrected chi connectivity index (χ1v) is 7.44. The molecule has 1 N–H and O–H groups in total. The van der Waals surface area contributed by atoms with E-state index in [-0.39, 0.29) is 22.3 Å². The lowest BCUT2D eigenvalue weighted by Gasteiger charge is -2.08. The second kappa shape index (κ2) is 7.70. The lowest BCUT2D eigenvalue weighted by atomic mass is 10.1. The van der Waals surface area contributed by atoms with Gasteiger partial charge in [-0.2, -0.15) is 0 Å². The summed E-state index contributed by atoms with van der Waals surface area (Å²) >= 11 is 5.96. The summed E-state index contributed by atoms with van der Waals surface area (Å²) in [4.78, 5) is 12.1. The van der Waals surface area contributed by atoms with Gasteiger partial charge in [0.25, 0.3) is 0 Å². The predicted octanol–water partition coefficient (Wildman–Crippen LogP) is 4.35. The van der Waals surface area contributed by atoms with Gasteiger partial charge >= 0.3 is 0 Å². The maximum Gasteiger partial charge on any atom is 0.185 e. The first kappa shape index (κ1) is 16.9. The maximum atomic E-state index is 12.1. The van der Waals surface area contributed by atoms with Gasteiger partial charge in [0, 0.05) is 5.56 Å². The molecule has 2 rings (SSSR count). The van der Waals surface area contributed by atoms with Crippen molar-refractivity contribution in [2.45, 2.75) is 6.92 Å². The molecule has 0 saturated carbocycles. The molecule has 0 aromatic heterocycles. The molecule has 120 valence electrons. The lowest BCUT2D eigenvalue weighted by Crippen LogP contribution is -1.95. The summed E-state index contributed by atoms with van der Waals surface area (Å²) in [6, 6.07) is 10.0. The largest absolute Gasteiger partial charge is 0.503 e. The van der Waals surface area contributed by atoms with Gasteiger partial charge in [0.1, 0.15) is 5.75 Å². The van der Waals surface area contributed by atoms with Crippen molar-refractivity contribution in [2.24, 2.45) is 0 Å². The van der Waals surface area contributed by atoms with Crippen LogP contribution < -0.4 is 9.47 Å². The minimum Gasteiger partial charge on any atom is -0.503 e. The van der Waals surface area contributed by atoms with Gasteiger partial charge < -0.3 is 14.6 Å². The van der Waals surface area contributed by atoms with Crippen LogP contribution in [0.15, 0.2) is 42.5 Å². The van der Waals surface area contributed by atoms with Crippen LogP contribution in [-0.4, -0.2) is 24.6 Å². The van der Waals surface area contributed by atoms with E-state index in [1.165, 1.54) is 6.08 Å². The number of hydrogen-bond acceptors (Lipinski definition) is 4. The number of phenols is 1. The fraction of sp³-hybridized carbons (Fsp3) is 0.167. The Kier molecular flexibility index (Phi) is 5.66. The van der Waals surface area contributed by atoms with Gasteiger partial charge in [0.2, 0.25) is 0 Å². The Hall–Kier alpha value is -2.46. The molecular weight excluding hydrogens is 316 g/mol. The zero-order chi connectivity index (χ0) is 16.8. The van der Waals surface area contributed by atoms with E-state index >= 15 is 0 Å². The number of hydrogen-bond donors (Lipinski definition) is 1. The van der Waals surface area contributed by atoms with Crippen molar-refractivity contribution in [3.8, 4) is 17.2 Å². The van der Waals surface area contributed by atoms with Crippen molar-refractivity contribution in [1.29, 1.82) is 0 Å². The number of allylic oxidation sites excluding steroid dienone is 1. The summed E-state index contributed by atoms with van der Waals surface area (Å²) in [7, 11) is 1.57. The Morgan fingerprint density at radius 2 is 1.96 bits per heavy atom. The minimum atomic E-state index is -0.144. The molecule has 0 aliphatic heterocycles. The van der Waals surface area contributed by atoms with E-state index in [2.05, 4.69) is 0 Å². The summed E-state index contributed by atoms with van der Waals surface area (Å²) < 4.78 is 10.4. The molecule has 0 fully saturated rings. The van der Waals surface area contributed by atoms with Crippen LogP contribution in [0.5, 0.6) is 17.2 Å². The standard InChI is InChI=1S/C18H17ClO4/c1-3-23-17-11-12(10-15(19)18(17)21)4-9-16(20)13-5-7-14(22-2)8-6-13/h4-11,21H,3H2,1-2H3/b9-4+. The number of aromatic hydroxyl groups is 1. The molecule has 0 spiro atoms. The third kappa shape index (κ3) is 4.27. The summed E-state index contributed by atoms with van der Waals surface area (Å²) in [6.07, 6.45) is 3.07. The number of ether oxygens (including phenoxy) is 2. The molecule has 23 heavy (non-hydrogen) atoms. The highest BCUT2D eigenvalue weighted by Gasteiger charge is 2.09. The van der Waals surface area contributed by atoms with Crippen molar-refractivity contribution in [2.75, 3.05) is 13.7 Å². The van der Waals surface area contributed by atoms with E-state index < -0.39 is 0 Å². The van der Waals surface area contributed by atoms with Crippen molar-refractivity contribution >= 4 is 23.5 Å². The third-order valence-electron chi connectivity index (χ3n) is 3.15. The first-order chi connectivity index (χ1) is 11.0. The Bertz CT molecular complexity index is 721. The number of phenolic OH excluding ortho intramolecular Hbond substituents is 1.